The zero-order chi connectivity index (χ0) is 19.5. The van der Waals surface area contributed by atoms with Crippen LogP contribution in [0.5, 0.6) is 0 Å². The number of amides is 2. The highest BCUT2D eigenvalue weighted by Crippen LogP contribution is 2.11. The third-order valence-electron chi connectivity index (χ3n) is 3.55. The van der Waals surface area contributed by atoms with Gasteiger partial charge in [-0.3, -0.25) is 9.59 Å². The van der Waals surface area contributed by atoms with E-state index in [1.807, 2.05) is 24.3 Å². The molecule has 6 heteroatoms. The highest BCUT2D eigenvalue weighted by Gasteiger charge is 1.98. The topological polar surface area (TPSA) is 58.2 Å². The molecule has 0 spiro atoms. The van der Waals surface area contributed by atoms with Gasteiger partial charge in [0.1, 0.15) is 0 Å². The molecule has 0 radical (unpaired) electrons. The first-order valence-electron chi connectivity index (χ1n) is 8.46. The maximum atomic E-state index is 11.7. The molecule has 0 aliphatic carbocycles. The van der Waals surface area contributed by atoms with Gasteiger partial charge in [0.15, 0.2) is 0 Å². The fourth-order valence-corrected chi connectivity index (χ4v) is 2.37. The Bertz CT molecular complexity index is 744. The molecule has 27 heavy (non-hydrogen) atoms. The lowest BCUT2D eigenvalue weighted by molar-refractivity contribution is -0.116. The third-order valence-corrected chi connectivity index (χ3v) is 4.05. The Morgan fingerprint density at radius 3 is 1.44 bits per heavy atom. The lowest BCUT2D eigenvalue weighted by atomic mass is 10.2. The van der Waals surface area contributed by atoms with E-state index in [0.717, 1.165) is 11.1 Å². The predicted molar refractivity (Wildman–Crippen MR) is 112 cm³/mol. The normalized spacial score (nSPS) is 11.0. The highest BCUT2D eigenvalue weighted by molar-refractivity contribution is 6.30. The first kappa shape index (κ1) is 20.7. The lowest BCUT2D eigenvalue weighted by Crippen LogP contribution is -2.28. The number of hydrogen-bond donors (Lipinski definition) is 2. The molecule has 2 rings (SSSR count). The molecule has 0 bridgehead atoms. The fourth-order valence-electron chi connectivity index (χ4n) is 2.12. The molecule has 0 unspecified atom stereocenters. The standard InChI is InChI=1S/C21H20Cl2N2O2/c22-18-8-2-16(3-9-18)6-12-20(26)24-14-1-15-25-21(27)13-7-17-4-10-19(23)11-5-17/h2-13H,1,14-15H2,(H,24,26)(H,25,27)/b12-6+,13-7+. The molecule has 2 N–H and O–H groups in total. The summed E-state index contributed by atoms with van der Waals surface area (Å²) in [5, 5.41) is 6.84. The van der Waals surface area contributed by atoms with Crippen molar-refractivity contribution in [3.05, 3.63) is 81.9 Å². The molecule has 0 aliphatic rings. The Labute approximate surface area is 168 Å². The van der Waals surface area contributed by atoms with Gasteiger partial charge in [0.05, 0.1) is 0 Å². The van der Waals surface area contributed by atoms with Crippen LogP contribution in [0.25, 0.3) is 12.2 Å². The van der Waals surface area contributed by atoms with Gasteiger partial charge in [-0.05, 0) is 54.0 Å². The summed E-state index contributed by atoms with van der Waals surface area (Å²) in [5.41, 5.74) is 1.79. The van der Waals surface area contributed by atoms with E-state index >= 15 is 0 Å². The van der Waals surface area contributed by atoms with E-state index in [1.54, 1.807) is 36.4 Å². The quantitative estimate of drug-likeness (QED) is 0.509. The highest BCUT2D eigenvalue weighted by atomic mass is 35.5. The maximum Gasteiger partial charge on any atom is 0.244 e. The molecule has 0 saturated carbocycles. The van der Waals surface area contributed by atoms with Crippen LogP contribution in [0.1, 0.15) is 17.5 Å². The van der Waals surface area contributed by atoms with Gasteiger partial charge in [-0.1, -0.05) is 47.5 Å². The minimum Gasteiger partial charge on any atom is -0.352 e. The fraction of sp³-hybridized carbons (Fsp3) is 0.143. The zero-order valence-electron chi connectivity index (χ0n) is 14.6. The minimum atomic E-state index is -0.182. The Morgan fingerprint density at radius 1 is 0.704 bits per heavy atom. The molecule has 2 aromatic rings. The molecule has 4 nitrogen and oxygen atoms in total. The molecule has 0 aromatic heterocycles. The Morgan fingerprint density at radius 2 is 1.07 bits per heavy atom. The average Bonchev–Trinajstić information content (AvgIpc) is 2.67. The SMILES string of the molecule is O=C(/C=C/c1ccc(Cl)cc1)NCCCNC(=O)/C=C/c1ccc(Cl)cc1. The zero-order valence-corrected chi connectivity index (χ0v) is 16.1. The maximum absolute atomic E-state index is 11.7. The summed E-state index contributed by atoms with van der Waals surface area (Å²) in [4.78, 5) is 23.5. The second-order valence-corrected chi connectivity index (χ2v) is 6.58. The van der Waals surface area contributed by atoms with E-state index in [2.05, 4.69) is 10.6 Å². The molecule has 0 atom stereocenters. The molecule has 0 saturated heterocycles. The Balaban J connectivity index is 1.60. The van der Waals surface area contributed by atoms with Crippen LogP contribution in [0, 0.1) is 0 Å². The number of carbonyl (C=O) groups is 2. The van der Waals surface area contributed by atoms with Gasteiger partial charge in [0.2, 0.25) is 11.8 Å². The van der Waals surface area contributed by atoms with E-state index in [9.17, 15) is 9.59 Å². The number of rotatable bonds is 8. The second kappa shape index (κ2) is 11.2. The van der Waals surface area contributed by atoms with Crippen LogP contribution >= 0.6 is 23.2 Å². The van der Waals surface area contributed by atoms with Crippen molar-refractivity contribution in [1.82, 2.24) is 10.6 Å². The first-order valence-corrected chi connectivity index (χ1v) is 9.21. The van der Waals surface area contributed by atoms with E-state index in [-0.39, 0.29) is 11.8 Å². The summed E-state index contributed by atoms with van der Waals surface area (Å²) >= 11 is 11.6. The molecule has 2 amide bonds. The lowest BCUT2D eigenvalue weighted by Gasteiger charge is -2.03. The summed E-state index contributed by atoms with van der Waals surface area (Å²) in [6.45, 7) is 0.954. The van der Waals surface area contributed by atoms with Crippen LogP contribution in [0.3, 0.4) is 0 Å². The molecular formula is C21H20Cl2N2O2. The number of nitrogens with one attached hydrogen (secondary N) is 2. The van der Waals surface area contributed by atoms with Gasteiger partial charge in [0, 0.05) is 35.3 Å². The van der Waals surface area contributed by atoms with Crippen molar-refractivity contribution in [3.8, 4) is 0 Å². The average molecular weight is 403 g/mol. The molecular weight excluding hydrogens is 383 g/mol. The Kier molecular flexibility index (Phi) is 8.62. The van der Waals surface area contributed by atoms with Crippen molar-refractivity contribution in [2.24, 2.45) is 0 Å². The third kappa shape index (κ3) is 8.58. The van der Waals surface area contributed by atoms with Crippen LogP contribution in [0.15, 0.2) is 60.7 Å². The predicted octanol–water partition coefficient (Wildman–Crippen LogP) is 4.34. The summed E-state index contributed by atoms with van der Waals surface area (Å²) in [6, 6.07) is 14.4. The van der Waals surface area contributed by atoms with Gasteiger partial charge in [-0.25, -0.2) is 0 Å². The number of hydrogen-bond acceptors (Lipinski definition) is 2. The molecule has 0 heterocycles. The van der Waals surface area contributed by atoms with E-state index in [4.69, 9.17) is 23.2 Å². The van der Waals surface area contributed by atoms with E-state index in [0.29, 0.717) is 29.6 Å². The Hall–Kier alpha value is -2.56. The van der Waals surface area contributed by atoms with Crippen LogP contribution in [-0.4, -0.2) is 24.9 Å². The van der Waals surface area contributed by atoms with Gasteiger partial charge in [-0.2, -0.15) is 0 Å². The van der Waals surface area contributed by atoms with Gasteiger partial charge < -0.3 is 10.6 Å². The second-order valence-electron chi connectivity index (χ2n) is 5.71. The van der Waals surface area contributed by atoms with Crippen LogP contribution in [0.2, 0.25) is 10.0 Å². The van der Waals surface area contributed by atoms with Crippen LogP contribution in [0.4, 0.5) is 0 Å². The van der Waals surface area contributed by atoms with Crippen molar-refractivity contribution in [2.75, 3.05) is 13.1 Å². The van der Waals surface area contributed by atoms with Crippen molar-refractivity contribution in [3.63, 3.8) is 0 Å². The molecule has 0 fully saturated rings. The smallest absolute Gasteiger partial charge is 0.244 e. The number of halogens is 2. The largest absolute Gasteiger partial charge is 0.352 e. The number of carbonyl (C=O) groups excluding carboxylic acids is 2. The van der Waals surface area contributed by atoms with Crippen LogP contribution < -0.4 is 10.6 Å². The minimum absolute atomic E-state index is 0.182. The van der Waals surface area contributed by atoms with Gasteiger partial charge in [0.25, 0.3) is 0 Å². The molecule has 0 aliphatic heterocycles. The van der Waals surface area contributed by atoms with Crippen molar-refractivity contribution in [1.29, 1.82) is 0 Å². The number of benzene rings is 2. The van der Waals surface area contributed by atoms with Gasteiger partial charge >= 0.3 is 0 Å². The first-order chi connectivity index (χ1) is 13.0. The monoisotopic (exact) mass is 402 g/mol. The van der Waals surface area contributed by atoms with Crippen molar-refractivity contribution in [2.45, 2.75) is 6.42 Å². The van der Waals surface area contributed by atoms with Crippen molar-refractivity contribution < 1.29 is 9.59 Å². The summed E-state index contributed by atoms with van der Waals surface area (Å²) in [7, 11) is 0. The summed E-state index contributed by atoms with van der Waals surface area (Å²) < 4.78 is 0. The molecule has 140 valence electrons. The summed E-state index contributed by atoms with van der Waals surface area (Å²) in [6.07, 6.45) is 7.01. The van der Waals surface area contributed by atoms with Crippen LogP contribution in [-0.2, 0) is 9.59 Å². The van der Waals surface area contributed by atoms with E-state index in [1.165, 1.54) is 12.2 Å². The summed E-state index contributed by atoms with van der Waals surface area (Å²) in [5.74, 6) is -0.363. The molecule has 2 aromatic carbocycles. The van der Waals surface area contributed by atoms with E-state index < -0.39 is 0 Å². The van der Waals surface area contributed by atoms with Gasteiger partial charge in [-0.15, -0.1) is 0 Å². The van der Waals surface area contributed by atoms with Crippen molar-refractivity contribution >= 4 is 47.2 Å².